The number of hydrogen-bond acceptors (Lipinski definition) is 3. The van der Waals surface area contributed by atoms with Crippen LogP contribution >= 0.6 is 11.6 Å². The number of carboxylic acid groups (broad SMARTS) is 1. The van der Waals surface area contributed by atoms with Crippen LogP contribution in [0.3, 0.4) is 0 Å². The van der Waals surface area contributed by atoms with Gasteiger partial charge in [-0.3, -0.25) is 4.79 Å². The average molecular weight is 477 g/mol. The van der Waals surface area contributed by atoms with Crippen molar-refractivity contribution in [3.8, 4) is 5.75 Å². The van der Waals surface area contributed by atoms with Crippen LogP contribution in [-0.4, -0.2) is 39.6 Å². The Balaban J connectivity index is 1.54. The van der Waals surface area contributed by atoms with E-state index in [1.165, 1.54) is 18.2 Å². The molecule has 1 N–H and O–H groups in total. The van der Waals surface area contributed by atoms with Crippen molar-refractivity contribution in [3.63, 3.8) is 0 Å². The van der Waals surface area contributed by atoms with Gasteiger partial charge < -0.3 is 19.3 Å². The Morgan fingerprint density at radius 3 is 2.53 bits per heavy atom. The van der Waals surface area contributed by atoms with Crippen molar-refractivity contribution in [2.75, 3.05) is 13.2 Å². The first-order valence-corrected chi connectivity index (χ1v) is 11.3. The first kappa shape index (κ1) is 23.4. The first-order valence-electron chi connectivity index (χ1n) is 10.9. The summed E-state index contributed by atoms with van der Waals surface area (Å²) in [7, 11) is 1.99. The molecule has 174 valence electrons. The third-order valence-electron chi connectivity index (χ3n) is 5.73. The SMILES string of the molecule is Cn1cc(CN(CCc2ccccc2)C(=O)COc2ccc(Cl)cc2C(=O)O)c2ccccc21. The van der Waals surface area contributed by atoms with Gasteiger partial charge in [-0.2, -0.15) is 0 Å². The number of fused-ring (bicyclic) bond motifs is 1. The number of ether oxygens (including phenoxy) is 1. The number of benzene rings is 3. The minimum Gasteiger partial charge on any atom is -0.483 e. The predicted octanol–water partition coefficient (Wildman–Crippen LogP) is 5.18. The van der Waals surface area contributed by atoms with E-state index in [1.807, 2.05) is 72.4 Å². The van der Waals surface area contributed by atoms with Gasteiger partial charge in [0, 0.05) is 42.3 Å². The Kier molecular flexibility index (Phi) is 7.18. The van der Waals surface area contributed by atoms with Gasteiger partial charge in [0.05, 0.1) is 0 Å². The second kappa shape index (κ2) is 10.4. The molecule has 7 heteroatoms. The molecule has 0 aliphatic rings. The van der Waals surface area contributed by atoms with E-state index < -0.39 is 5.97 Å². The van der Waals surface area contributed by atoms with Gasteiger partial charge in [-0.1, -0.05) is 60.1 Å². The summed E-state index contributed by atoms with van der Waals surface area (Å²) in [5.41, 5.74) is 3.18. The Labute approximate surface area is 202 Å². The molecule has 34 heavy (non-hydrogen) atoms. The molecule has 0 spiro atoms. The highest BCUT2D eigenvalue weighted by Gasteiger charge is 2.19. The minimum atomic E-state index is -1.17. The van der Waals surface area contributed by atoms with Crippen LogP contribution in [0.4, 0.5) is 0 Å². The summed E-state index contributed by atoms with van der Waals surface area (Å²) in [5, 5.41) is 10.8. The molecule has 0 saturated carbocycles. The topological polar surface area (TPSA) is 71.8 Å². The largest absolute Gasteiger partial charge is 0.483 e. The number of aromatic nitrogens is 1. The van der Waals surface area contributed by atoms with E-state index >= 15 is 0 Å². The summed E-state index contributed by atoms with van der Waals surface area (Å²) in [5.74, 6) is -1.28. The molecular formula is C27H25ClN2O4. The Morgan fingerprint density at radius 1 is 1.03 bits per heavy atom. The number of carboxylic acids is 1. The zero-order valence-corrected chi connectivity index (χ0v) is 19.5. The normalized spacial score (nSPS) is 10.9. The average Bonchev–Trinajstić information content (AvgIpc) is 3.16. The standard InChI is InChI=1S/C27H25ClN2O4/c1-29-16-20(22-9-5-6-10-24(22)29)17-30(14-13-19-7-3-2-4-8-19)26(31)18-34-25-12-11-21(28)15-23(25)27(32)33/h2-12,15-16H,13-14,17-18H2,1H3,(H,32,33). The lowest BCUT2D eigenvalue weighted by Crippen LogP contribution is -2.36. The molecule has 0 radical (unpaired) electrons. The highest BCUT2D eigenvalue weighted by molar-refractivity contribution is 6.31. The van der Waals surface area contributed by atoms with Gasteiger partial charge in [0.15, 0.2) is 6.61 Å². The van der Waals surface area contributed by atoms with Crippen molar-refractivity contribution in [2.45, 2.75) is 13.0 Å². The van der Waals surface area contributed by atoms with Crippen molar-refractivity contribution in [3.05, 3.63) is 101 Å². The second-order valence-corrected chi connectivity index (χ2v) is 8.50. The smallest absolute Gasteiger partial charge is 0.339 e. The van der Waals surface area contributed by atoms with Crippen LogP contribution in [0.2, 0.25) is 5.02 Å². The molecule has 4 aromatic rings. The predicted molar refractivity (Wildman–Crippen MR) is 132 cm³/mol. The quantitative estimate of drug-likeness (QED) is 0.361. The highest BCUT2D eigenvalue weighted by Crippen LogP contribution is 2.24. The zero-order chi connectivity index (χ0) is 24.1. The van der Waals surface area contributed by atoms with Gasteiger partial charge in [0.2, 0.25) is 0 Å². The fraction of sp³-hybridized carbons (Fsp3) is 0.185. The van der Waals surface area contributed by atoms with Crippen LogP contribution in [0.1, 0.15) is 21.5 Å². The number of aryl methyl sites for hydroxylation is 1. The van der Waals surface area contributed by atoms with E-state index in [2.05, 4.69) is 0 Å². The molecule has 0 saturated heterocycles. The summed E-state index contributed by atoms with van der Waals surface area (Å²) in [6.07, 6.45) is 2.73. The summed E-state index contributed by atoms with van der Waals surface area (Å²) in [6, 6.07) is 22.4. The number of carbonyl (C=O) groups is 2. The number of halogens is 1. The molecule has 1 amide bonds. The third kappa shape index (κ3) is 5.41. The van der Waals surface area contributed by atoms with Crippen molar-refractivity contribution in [1.82, 2.24) is 9.47 Å². The number of rotatable bonds is 9. The molecule has 0 atom stereocenters. The lowest BCUT2D eigenvalue weighted by Gasteiger charge is -2.23. The number of para-hydroxylation sites is 1. The Morgan fingerprint density at radius 2 is 1.76 bits per heavy atom. The molecule has 1 heterocycles. The van der Waals surface area contributed by atoms with Gasteiger partial charge in [0.25, 0.3) is 5.91 Å². The maximum absolute atomic E-state index is 13.3. The fourth-order valence-corrected chi connectivity index (χ4v) is 4.16. The molecule has 4 rings (SSSR count). The van der Waals surface area contributed by atoms with E-state index in [9.17, 15) is 14.7 Å². The molecule has 6 nitrogen and oxygen atoms in total. The summed E-state index contributed by atoms with van der Waals surface area (Å²) in [4.78, 5) is 26.6. The number of carbonyl (C=O) groups excluding carboxylic acids is 1. The van der Waals surface area contributed by atoms with Gasteiger partial charge >= 0.3 is 5.97 Å². The third-order valence-corrected chi connectivity index (χ3v) is 5.96. The van der Waals surface area contributed by atoms with Crippen molar-refractivity contribution in [2.24, 2.45) is 7.05 Å². The van der Waals surface area contributed by atoms with E-state index in [-0.39, 0.29) is 28.8 Å². The number of aromatic carboxylic acids is 1. The fourth-order valence-electron chi connectivity index (χ4n) is 3.98. The van der Waals surface area contributed by atoms with Gasteiger partial charge in [-0.15, -0.1) is 0 Å². The van der Waals surface area contributed by atoms with Crippen LogP contribution in [0, 0.1) is 0 Å². The number of nitrogens with zero attached hydrogens (tertiary/aromatic N) is 2. The van der Waals surface area contributed by atoms with Gasteiger partial charge in [-0.25, -0.2) is 4.79 Å². The summed E-state index contributed by atoms with van der Waals surface area (Å²) < 4.78 is 7.69. The van der Waals surface area contributed by atoms with Crippen LogP contribution in [-0.2, 0) is 24.8 Å². The van der Waals surface area contributed by atoms with Crippen molar-refractivity contribution < 1.29 is 19.4 Å². The van der Waals surface area contributed by atoms with Crippen molar-refractivity contribution in [1.29, 1.82) is 0 Å². The van der Waals surface area contributed by atoms with Gasteiger partial charge in [0.1, 0.15) is 11.3 Å². The molecule has 0 aliphatic heterocycles. The van der Waals surface area contributed by atoms with Crippen LogP contribution < -0.4 is 4.74 Å². The zero-order valence-electron chi connectivity index (χ0n) is 18.8. The second-order valence-electron chi connectivity index (χ2n) is 8.07. The van der Waals surface area contributed by atoms with Crippen molar-refractivity contribution >= 4 is 34.4 Å². The Hall–Kier alpha value is -3.77. The molecule has 0 unspecified atom stereocenters. The molecule has 0 fully saturated rings. The molecular weight excluding hydrogens is 452 g/mol. The van der Waals surface area contributed by atoms with Crippen LogP contribution in [0.25, 0.3) is 10.9 Å². The maximum atomic E-state index is 13.3. The Bertz CT molecular complexity index is 1320. The lowest BCUT2D eigenvalue weighted by atomic mass is 10.1. The molecule has 0 aliphatic carbocycles. The first-order chi connectivity index (χ1) is 16.4. The highest BCUT2D eigenvalue weighted by atomic mass is 35.5. The van der Waals surface area contributed by atoms with E-state index in [0.717, 1.165) is 22.0 Å². The van der Waals surface area contributed by atoms with Gasteiger partial charge in [-0.05, 0) is 41.8 Å². The molecule has 0 bridgehead atoms. The van der Waals surface area contributed by atoms with E-state index in [4.69, 9.17) is 16.3 Å². The summed E-state index contributed by atoms with van der Waals surface area (Å²) in [6.45, 7) is 0.645. The lowest BCUT2D eigenvalue weighted by molar-refractivity contribution is -0.134. The van der Waals surface area contributed by atoms with E-state index in [1.54, 1.807) is 4.90 Å². The monoisotopic (exact) mass is 476 g/mol. The minimum absolute atomic E-state index is 0.0785. The molecule has 1 aromatic heterocycles. The van der Waals surface area contributed by atoms with E-state index in [0.29, 0.717) is 19.5 Å². The number of amides is 1. The van der Waals surface area contributed by atoms with Crippen LogP contribution in [0.15, 0.2) is 79.0 Å². The maximum Gasteiger partial charge on any atom is 0.339 e. The van der Waals surface area contributed by atoms with Crippen LogP contribution in [0.5, 0.6) is 5.75 Å². The number of hydrogen-bond donors (Lipinski definition) is 1. The molecule has 3 aromatic carbocycles. The summed E-state index contributed by atoms with van der Waals surface area (Å²) >= 11 is 5.92.